The Kier molecular flexibility index (Phi) is 4.91. The quantitative estimate of drug-likeness (QED) is 0.802. The predicted molar refractivity (Wildman–Crippen MR) is 61.6 cm³/mol. The highest BCUT2D eigenvalue weighted by Gasteiger charge is 2.11. The first kappa shape index (κ1) is 12.6. The molecule has 0 aliphatic rings. The SMILES string of the molecule is CCCCC(=O)Nc1ncc(C(=O)OC)s1. The van der Waals surface area contributed by atoms with Crippen LogP contribution in [0, 0.1) is 0 Å². The Labute approximate surface area is 97.8 Å². The van der Waals surface area contributed by atoms with Gasteiger partial charge in [0, 0.05) is 6.42 Å². The van der Waals surface area contributed by atoms with Crippen LogP contribution >= 0.6 is 11.3 Å². The average molecular weight is 242 g/mol. The zero-order valence-electron chi connectivity index (χ0n) is 9.28. The second-order valence-electron chi connectivity index (χ2n) is 3.17. The molecule has 0 saturated heterocycles. The molecule has 1 heterocycles. The van der Waals surface area contributed by atoms with Gasteiger partial charge in [0.2, 0.25) is 5.91 Å². The van der Waals surface area contributed by atoms with Gasteiger partial charge in [-0.05, 0) is 6.42 Å². The molecule has 0 atom stereocenters. The average Bonchev–Trinajstić information content (AvgIpc) is 2.73. The van der Waals surface area contributed by atoms with Crippen molar-refractivity contribution in [2.75, 3.05) is 12.4 Å². The lowest BCUT2D eigenvalue weighted by atomic mass is 10.2. The lowest BCUT2D eigenvalue weighted by Crippen LogP contribution is -2.10. The molecule has 0 bridgehead atoms. The van der Waals surface area contributed by atoms with Gasteiger partial charge in [0.05, 0.1) is 13.3 Å². The van der Waals surface area contributed by atoms with Crippen LogP contribution in [0.15, 0.2) is 6.20 Å². The van der Waals surface area contributed by atoms with Crippen molar-refractivity contribution < 1.29 is 14.3 Å². The van der Waals surface area contributed by atoms with E-state index in [9.17, 15) is 9.59 Å². The van der Waals surface area contributed by atoms with E-state index in [-0.39, 0.29) is 5.91 Å². The highest BCUT2D eigenvalue weighted by atomic mass is 32.1. The number of methoxy groups -OCH3 is 1. The second-order valence-corrected chi connectivity index (χ2v) is 4.20. The third-order valence-electron chi connectivity index (χ3n) is 1.90. The van der Waals surface area contributed by atoms with E-state index in [0.717, 1.165) is 24.2 Å². The van der Waals surface area contributed by atoms with Gasteiger partial charge in [-0.15, -0.1) is 0 Å². The Morgan fingerprint density at radius 3 is 2.94 bits per heavy atom. The summed E-state index contributed by atoms with van der Waals surface area (Å²) in [5.74, 6) is -0.515. The second kappa shape index (κ2) is 6.22. The summed E-state index contributed by atoms with van der Waals surface area (Å²) in [6, 6.07) is 0. The Morgan fingerprint density at radius 2 is 2.31 bits per heavy atom. The van der Waals surface area contributed by atoms with Crippen LogP contribution in [0.1, 0.15) is 35.9 Å². The van der Waals surface area contributed by atoms with Crippen molar-refractivity contribution in [1.82, 2.24) is 4.98 Å². The van der Waals surface area contributed by atoms with Crippen LogP contribution in [-0.4, -0.2) is 24.0 Å². The first-order chi connectivity index (χ1) is 7.67. The standard InChI is InChI=1S/C10H14N2O3S/c1-3-4-5-8(13)12-10-11-6-7(16-10)9(14)15-2/h6H,3-5H2,1-2H3,(H,11,12,13). The molecular weight excluding hydrogens is 228 g/mol. The fraction of sp³-hybridized carbons (Fsp3) is 0.500. The number of amides is 1. The number of aromatic nitrogens is 1. The van der Waals surface area contributed by atoms with Gasteiger partial charge >= 0.3 is 5.97 Å². The summed E-state index contributed by atoms with van der Waals surface area (Å²) < 4.78 is 4.54. The van der Waals surface area contributed by atoms with Crippen LogP contribution in [0.25, 0.3) is 0 Å². The summed E-state index contributed by atoms with van der Waals surface area (Å²) in [6.45, 7) is 2.02. The van der Waals surface area contributed by atoms with E-state index < -0.39 is 5.97 Å². The Balaban J connectivity index is 2.52. The van der Waals surface area contributed by atoms with Gasteiger partial charge in [-0.1, -0.05) is 24.7 Å². The summed E-state index contributed by atoms with van der Waals surface area (Å²) in [5, 5.41) is 3.07. The number of anilines is 1. The molecule has 1 aromatic heterocycles. The summed E-state index contributed by atoms with van der Waals surface area (Å²) in [4.78, 5) is 26.8. The molecule has 0 unspecified atom stereocenters. The smallest absolute Gasteiger partial charge is 0.349 e. The molecule has 1 amide bonds. The molecule has 0 spiro atoms. The van der Waals surface area contributed by atoms with Crippen LogP contribution in [0.5, 0.6) is 0 Å². The van der Waals surface area contributed by atoms with Gasteiger partial charge in [-0.2, -0.15) is 0 Å². The number of esters is 1. The van der Waals surface area contributed by atoms with E-state index in [2.05, 4.69) is 15.0 Å². The molecule has 0 aliphatic carbocycles. The summed E-state index contributed by atoms with van der Waals surface area (Å²) in [6.07, 6.45) is 3.69. The van der Waals surface area contributed by atoms with E-state index in [4.69, 9.17) is 0 Å². The van der Waals surface area contributed by atoms with Gasteiger partial charge < -0.3 is 10.1 Å². The minimum Gasteiger partial charge on any atom is -0.465 e. The zero-order valence-corrected chi connectivity index (χ0v) is 10.1. The number of thiazole rings is 1. The van der Waals surface area contributed by atoms with E-state index >= 15 is 0 Å². The number of ether oxygens (including phenoxy) is 1. The lowest BCUT2D eigenvalue weighted by Gasteiger charge is -1.99. The topological polar surface area (TPSA) is 68.3 Å². The first-order valence-corrected chi connectivity index (χ1v) is 5.83. The Bertz CT molecular complexity index is 376. The third kappa shape index (κ3) is 3.62. The van der Waals surface area contributed by atoms with Crippen molar-refractivity contribution in [3.8, 4) is 0 Å². The molecule has 0 aromatic carbocycles. The van der Waals surface area contributed by atoms with Gasteiger partial charge in [-0.25, -0.2) is 9.78 Å². The first-order valence-electron chi connectivity index (χ1n) is 5.01. The zero-order chi connectivity index (χ0) is 12.0. The predicted octanol–water partition coefficient (Wildman–Crippen LogP) is 2.06. The molecule has 1 rings (SSSR count). The van der Waals surface area contributed by atoms with Crippen LogP contribution in [0.4, 0.5) is 5.13 Å². The minimum atomic E-state index is -0.438. The van der Waals surface area contributed by atoms with Crippen molar-refractivity contribution >= 4 is 28.3 Å². The van der Waals surface area contributed by atoms with Gasteiger partial charge in [0.1, 0.15) is 4.88 Å². The maximum Gasteiger partial charge on any atom is 0.349 e. The van der Waals surface area contributed by atoms with E-state index in [1.807, 2.05) is 6.92 Å². The number of nitrogens with zero attached hydrogens (tertiary/aromatic N) is 1. The molecule has 16 heavy (non-hydrogen) atoms. The van der Waals surface area contributed by atoms with Gasteiger partial charge in [-0.3, -0.25) is 4.79 Å². The molecule has 1 N–H and O–H groups in total. The molecule has 5 nitrogen and oxygen atoms in total. The third-order valence-corrected chi connectivity index (χ3v) is 2.79. The number of rotatable bonds is 5. The molecular formula is C10H14N2O3S. The van der Waals surface area contributed by atoms with Crippen molar-refractivity contribution in [3.05, 3.63) is 11.1 Å². The van der Waals surface area contributed by atoms with Crippen LogP contribution in [0.3, 0.4) is 0 Å². The molecule has 88 valence electrons. The monoisotopic (exact) mass is 242 g/mol. The number of carbonyl (C=O) groups excluding carboxylic acids is 2. The van der Waals surface area contributed by atoms with Crippen LogP contribution in [0.2, 0.25) is 0 Å². The lowest BCUT2D eigenvalue weighted by molar-refractivity contribution is -0.116. The molecule has 0 radical (unpaired) electrons. The summed E-state index contributed by atoms with van der Waals surface area (Å²) in [7, 11) is 1.31. The van der Waals surface area contributed by atoms with Crippen molar-refractivity contribution in [3.63, 3.8) is 0 Å². The largest absolute Gasteiger partial charge is 0.465 e. The molecule has 0 fully saturated rings. The normalized spacial score (nSPS) is 9.88. The molecule has 0 aliphatic heterocycles. The van der Waals surface area contributed by atoms with Crippen molar-refractivity contribution in [1.29, 1.82) is 0 Å². The summed E-state index contributed by atoms with van der Waals surface area (Å²) in [5.41, 5.74) is 0. The number of nitrogens with one attached hydrogen (secondary N) is 1. The van der Waals surface area contributed by atoms with Crippen molar-refractivity contribution in [2.24, 2.45) is 0 Å². The fourth-order valence-electron chi connectivity index (χ4n) is 1.05. The highest BCUT2D eigenvalue weighted by Crippen LogP contribution is 2.18. The van der Waals surface area contributed by atoms with E-state index in [1.54, 1.807) is 0 Å². The van der Waals surface area contributed by atoms with Crippen LogP contribution < -0.4 is 5.32 Å². The number of carbonyl (C=O) groups is 2. The van der Waals surface area contributed by atoms with E-state index in [0.29, 0.717) is 16.4 Å². The number of hydrogen-bond donors (Lipinski definition) is 1. The fourth-order valence-corrected chi connectivity index (χ4v) is 1.80. The van der Waals surface area contributed by atoms with Crippen molar-refractivity contribution in [2.45, 2.75) is 26.2 Å². The van der Waals surface area contributed by atoms with Gasteiger partial charge in [0.15, 0.2) is 5.13 Å². The Hall–Kier alpha value is -1.43. The van der Waals surface area contributed by atoms with Crippen LogP contribution in [-0.2, 0) is 9.53 Å². The highest BCUT2D eigenvalue weighted by molar-refractivity contribution is 7.17. The molecule has 1 aromatic rings. The molecule has 6 heteroatoms. The minimum absolute atomic E-state index is 0.0763. The summed E-state index contributed by atoms with van der Waals surface area (Å²) >= 11 is 1.11. The molecule has 0 saturated carbocycles. The number of hydrogen-bond acceptors (Lipinski definition) is 5. The van der Waals surface area contributed by atoms with Gasteiger partial charge in [0.25, 0.3) is 0 Å². The number of unbranched alkanes of at least 4 members (excludes halogenated alkanes) is 1. The maximum atomic E-state index is 11.4. The van der Waals surface area contributed by atoms with E-state index in [1.165, 1.54) is 13.3 Å². The maximum absolute atomic E-state index is 11.4. The Morgan fingerprint density at radius 1 is 1.56 bits per heavy atom.